The summed E-state index contributed by atoms with van der Waals surface area (Å²) in [6.45, 7) is 0. The van der Waals surface area contributed by atoms with Gasteiger partial charge in [0.1, 0.15) is 12.0 Å². The van der Waals surface area contributed by atoms with E-state index in [4.69, 9.17) is 6.42 Å². The molecule has 0 fully saturated rings. The molecule has 0 aromatic carbocycles. The molecule has 0 aliphatic rings. The van der Waals surface area contributed by atoms with E-state index in [9.17, 15) is 9.90 Å². The van der Waals surface area contributed by atoms with Gasteiger partial charge in [0.05, 0.1) is 0 Å². The van der Waals surface area contributed by atoms with Crippen LogP contribution in [-0.2, 0) is 4.79 Å². The maximum atomic E-state index is 9.99. The summed E-state index contributed by atoms with van der Waals surface area (Å²) in [5, 5.41) is 9.25. The monoisotopic (exact) mass is 234 g/mol. The molecular formula is C15H22O2. The summed E-state index contributed by atoms with van der Waals surface area (Å²) in [5.41, 5.74) is 0. The van der Waals surface area contributed by atoms with Gasteiger partial charge < -0.3 is 5.11 Å². The molecule has 0 aliphatic carbocycles. The zero-order valence-corrected chi connectivity index (χ0v) is 10.4. The first kappa shape index (κ1) is 15.5. The van der Waals surface area contributed by atoms with Crippen molar-refractivity contribution in [2.24, 2.45) is 0 Å². The zero-order valence-electron chi connectivity index (χ0n) is 10.4. The number of unbranched alkanes of at least 4 members (excludes halogenated alkanes) is 6. The highest BCUT2D eigenvalue weighted by Crippen LogP contribution is 2.11. The van der Waals surface area contributed by atoms with Gasteiger partial charge in [-0.1, -0.05) is 37.7 Å². The Balaban J connectivity index is 3.19. The SMILES string of the molecule is C#CC=C(O)CCCCCCCC/C=C/C=O. The fourth-order valence-corrected chi connectivity index (χ4v) is 1.60. The average molecular weight is 234 g/mol. The maximum absolute atomic E-state index is 9.99. The molecule has 94 valence electrons. The van der Waals surface area contributed by atoms with Gasteiger partial charge in [-0.05, 0) is 25.3 Å². The Labute approximate surface area is 104 Å². The Morgan fingerprint density at radius 1 is 1.12 bits per heavy atom. The minimum atomic E-state index is 0.312. The Kier molecular flexibility index (Phi) is 11.5. The number of carbonyl (C=O) groups is 1. The second-order valence-electron chi connectivity index (χ2n) is 4.03. The smallest absolute Gasteiger partial charge is 0.142 e. The Hall–Kier alpha value is -1.49. The summed E-state index contributed by atoms with van der Waals surface area (Å²) in [4.78, 5) is 9.99. The standard InChI is InChI=1S/C15H22O2/c1-2-12-15(17)13-10-8-6-4-3-5-7-9-11-14-16/h1,9,11-12,14,17H,3-8,10,13H2/b11-9+,15-12?. The van der Waals surface area contributed by atoms with Crippen LogP contribution in [0, 0.1) is 12.3 Å². The predicted octanol–water partition coefficient (Wildman–Crippen LogP) is 3.94. The molecule has 0 radical (unpaired) electrons. The number of aliphatic hydroxyl groups excluding tert-OH is 1. The van der Waals surface area contributed by atoms with Crippen molar-refractivity contribution < 1.29 is 9.90 Å². The first-order valence-electron chi connectivity index (χ1n) is 6.25. The van der Waals surface area contributed by atoms with Crippen LogP contribution in [-0.4, -0.2) is 11.4 Å². The highest BCUT2D eigenvalue weighted by Gasteiger charge is 1.94. The molecule has 17 heavy (non-hydrogen) atoms. The summed E-state index contributed by atoms with van der Waals surface area (Å²) in [5.74, 6) is 2.62. The number of aliphatic hydroxyl groups is 1. The summed E-state index contributed by atoms with van der Waals surface area (Å²) in [6.07, 6.45) is 19.3. The first-order valence-corrected chi connectivity index (χ1v) is 6.25. The lowest BCUT2D eigenvalue weighted by atomic mass is 10.1. The van der Waals surface area contributed by atoms with Gasteiger partial charge in [-0.25, -0.2) is 0 Å². The predicted molar refractivity (Wildman–Crippen MR) is 71.7 cm³/mol. The lowest BCUT2D eigenvalue weighted by molar-refractivity contribution is -0.104. The lowest BCUT2D eigenvalue weighted by Crippen LogP contribution is -1.83. The number of hydrogen-bond donors (Lipinski definition) is 1. The number of allylic oxidation sites excluding steroid dienone is 4. The van der Waals surface area contributed by atoms with Crippen LogP contribution in [0.1, 0.15) is 51.4 Å². The molecule has 0 aromatic rings. The average Bonchev–Trinajstić information content (AvgIpc) is 2.32. The minimum absolute atomic E-state index is 0.312. The van der Waals surface area contributed by atoms with Crippen LogP contribution in [0.15, 0.2) is 24.0 Å². The minimum Gasteiger partial charge on any atom is -0.512 e. The van der Waals surface area contributed by atoms with Gasteiger partial charge in [-0.2, -0.15) is 0 Å². The van der Waals surface area contributed by atoms with E-state index in [0.717, 1.165) is 32.0 Å². The summed E-state index contributed by atoms with van der Waals surface area (Å²) in [6, 6.07) is 0. The van der Waals surface area contributed by atoms with Gasteiger partial charge >= 0.3 is 0 Å². The van der Waals surface area contributed by atoms with Crippen molar-refractivity contribution in [3.63, 3.8) is 0 Å². The summed E-state index contributed by atoms with van der Waals surface area (Å²) < 4.78 is 0. The van der Waals surface area contributed by atoms with E-state index in [-0.39, 0.29) is 0 Å². The van der Waals surface area contributed by atoms with Gasteiger partial charge in [-0.15, -0.1) is 6.42 Å². The van der Waals surface area contributed by atoms with Crippen LogP contribution in [0.4, 0.5) is 0 Å². The topological polar surface area (TPSA) is 37.3 Å². The normalized spacial score (nSPS) is 11.6. The number of aldehydes is 1. The van der Waals surface area contributed by atoms with Crippen LogP contribution in [0.5, 0.6) is 0 Å². The fraction of sp³-hybridized carbons (Fsp3) is 0.533. The molecule has 0 rings (SSSR count). The number of hydrogen-bond acceptors (Lipinski definition) is 2. The van der Waals surface area contributed by atoms with Crippen molar-refractivity contribution in [2.75, 3.05) is 0 Å². The second-order valence-corrected chi connectivity index (χ2v) is 4.03. The zero-order chi connectivity index (χ0) is 12.8. The van der Waals surface area contributed by atoms with E-state index < -0.39 is 0 Å². The Morgan fingerprint density at radius 3 is 2.41 bits per heavy atom. The molecule has 0 bridgehead atoms. The number of rotatable bonds is 10. The quantitative estimate of drug-likeness (QED) is 0.204. The molecule has 0 atom stereocenters. The van der Waals surface area contributed by atoms with Gasteiger partial charge in [0, 0.05) is 12.5 Å². The molecule has 0 aromatic heterocycles. The van der Waals surface area contributed by atoms with Gasteiger partial charge in [0.2, 0.25) is 0 Å². The molecule has 2 nitrogen and oxygen atoms in total. The van der Waals surface area contributed by atoms with Crippen molar-refractivity contribution >= 4 is 6.29 Å². The largest absolute Gasteiger partial charge is 0.512 e. The van der Waals surface area contributed by atoms with Crippen LogP contribution in [0.3, 0.4) is 0 Å². The molecule has 1 N–H and O–H groups in total. The highest BCUT2D eigenvalue weighted by atomic mass is 16.3. The van der Waals surface area contributed by atoms with Gasteiger partial charge in [0.25, 0.3) is 0 Å². The van der Waals surface area contributed by atoms with Crippen molar-refractivity contribution in [1.29, 1.82) is 0 Å². The second kappa shape index (κ2) is 12.6. The van der Waals surface area contributed by atoms with Crippen molar-refractivity contribution in [2.45, 2.75) is 51.4 Å². The van der Waals surface area contributed by atoms with E-state index in [0.29, 0.717) is 12.2 Å². The van der Waals surface area contributed by atoms with E-state index in [1.54, 1.807) is 6.08 Å². The third kappa shape index (κ3) is 12.4. The molecular weight excluding hydrogens is 212 g/mol. The molecule has 0 spiro atoms. The van der Waals surface area contributed by atoms with Crippen LogP contribution < -0.4 is 0 Å². The molecule has 0 aliphatic heterocycles. The summed E-state index contributed by atoms with van der Waals surface area (Å²) in [7, 11) is 0. The maximum Gasteiger partial charge on any atom is 0.142 e. The molecule has 0 saturated heterocycles. The molecule has 0 heterocycles. The lowest BCUT2D eigenvalue weighted by Gasteiger charge is -2.00. The molecule has 0 saturated carbocycles. The number of terminal acetylenes is 1. The Morgan fingerprint density at radius 2 is 1.76 bits per heavy atom. The third-order valence-electron chi connectivity index (χ3n) is 2.52. The van der Waals surface area contributed by atoms with E-state index in [2.05, 4.69) is 5.92 Å². The van der Waals surface area contributed by atoms with Gasteiger partial charge in [-0.3, -0.25) is 4.79 Å². The van der Waals surface area contributed by atoms with Crippen LogP contribution in [0.2, 0.25) is 0 Å². The summed E-state index contributed by atoms with van der Waals surface area (Å²) >= 11 is 0. The van der Waals surface area contributed by atoms with Crippen molar-refractivity contribution in [1.82, 2.24) is 0 Å². The first-order chi connectivity index (χ1) is 8.31. The fourth-order valence-electron chi connectivity index (χ4n) is 1.60. The van der Waals surface area contributed by atoms with Crippen molar-refractivity contribution in [3.8, 4) is 12.3 Å². The van der Waals surface area contributed by atoms with E-state index in [1.807, 2.05) is 6.08 Å². The van der Waals surface area contributed by atoms with Crippen molar-refractivity contribution in [3.05, 3.63) is 24.0 Å². The number of carbonyl (C=O) groups excluding carboxylic acids is 1. The van der Waals surface area contributed by atoms with Crippen LogP contribution in [0.25, 0.3) is 0 Å². The molecule has 0 unspecified atom stereocenters. The third-order valence-corrected chi connectivity index (χ3v) is 2.52. The van der Waals surface area contributed by atoms with E-state index in [1.165, 1.54) is 25.3 Å². The van der Waals surface area contributed by atoms with E-state index >= 15 is 0 Å². The highest BCUT2D eigenvalue weighted by molar-refractivity contribution is 5.64. The van der Waals surface area contributed by atoms with Gasteiger partial charge in [0.15, 0.2) is 0 Å². The van der Waals surface area contributed by atoms with Crippen LogP contribution >= 0.6 is 0 Å². The Bertz CT molecular complexity index is 282. The molecule has 0 amide bonds. The molecule has 2 heteroatoms.